The first-order chi connectivity index (χ1) is 6.40. The van der Waals surface area contributed by atoms with Gasteiger partial charge in [-0.15, -0.1) is 0 Å². The van der Waals surface area contributed by atoms with E-state index in [-0.39, 0.29) is 6.61 Å². The van der Waals surface area contributed by atoms with Crippen LogP contribution >= 0.6 is 11.8 Å². The normalized spacial score (nSPS) is 19.2. The van der Waals surface area contributed by atoms with Gasteiger partial charge in [-0.3, -0.25) is 0 Å². The standard InChI is InChI=1S/C9H13NO2S/c11-6-8-5-10-9(12-8)7-1-3-13-4-2-7/h5,7,11H,1-4,6H2. The molecule has 3 nitrogen and oxygen atoms in total. The van der Waals surface area contributed by atoms with Crippen molar-refractivity contribution in [3.63, 3.8) is 0 Å². The molecule has 1 saturated heterocycles. The van der Waals surface area contributed by atoms with Gasteiger partial charge in [-0.2, -0.15) is 11.8 Å². The Bertz CT molecular complexity index is 268. The summed E-state index contributed by atoms with van der Waals surface area (Å²) in [5, 5.41) is 8.81. The van der Waals surface area contributed by atoms with Crippen LogP contribution in [0.25, 0.3) is 0 Å². The van der Waals surface area contributed by atoms with E-state index in [0.29, 0.717) is 11.7 Å². The molecule has 0 atom stereocenters. The van der Waals surface area contributed by atoms with Gasteiger partial charge in [-0.1, -0.05) is 0 Å². The van der Waals surface area contributed by atoms with E-state index in [4.69, 9.17) is 9.52 Å². The molecule has 1 aliphatic rings. The van der Waals surface area contributed by atoms with Crippen molar-refractivity contribution in [2.45, 2.75) is 25.4 Å². The van der Waals surface area contributed by atoms with Crippen molar-refractivity contribution in [1.29, 1.82) is 0 Å². The van der Waals surface area contributed by atoms with Crippen LogP contribution in [0.1, 0.15) is 30.4 Å². The zero-order valence-electron chi connectivity index (χ0n) is 7.40. The van der Waals surface area contributed by atoms with E-state index in [1.165, 1.54) is 11.5 Å². The number of hydrogen-bond donors (Lipinski definition) is 1. The molecule has 2 heterocycles. The van der Waals surface area contributed by atoms with Gasteiger partial charge in [-0.05, 0) is 24.3 Å². The van der Waals surface area contributed by atoms with Crippen LogP contribution in [-0.4, -0.2) is 21.6 Å². The molecule has 1 aliphatic heterocycles. The van der Waals surface area contributed by atoms with Gasteiger partial charge in [0.1, 0.15) is 12.4 Å². The minimum Gasteiger partial charge on any atom is -0.443 e. The summed E-state index contributed by atoms with van der Waals surface area (Å²) in [6.07, 6.45) is 3.92. The second-order valence-electron chi connectivity index (χ2n) is 3.21. The van der Waals surface area contributed by atoms with E-state index >= 15 is 0 Å². The molecule has 0 radical (unpaired) electrons. The first-order valence-electron chi connectivity index (χ1n) is 4.53. The Morgan fingerprint density at radius 2 is 2.31 bits per heavy atom. The average Bonchev–Trinajstić information content (AvgIpc) is 2.67. The second kappa shape index (κ2) is 4.15. The fourth-order valence-corrected chi connectivity index (χ4v) is 2.64. The number of oxazole rings is 1. The molecule has 1 aromatic heterocycles. The van der Waals surface area contributed by atoms with Crippen LogP contribution < -0.4 is 0 Å². The summed E-state index contributed by atoms with van der Waals surface area (Å²) in [6.45, 7) is -0.0472. The molecule has 72 valence electrons. The predicted molar refractivity (Wildman–Crippen MR) is 51.7 cm³/mol. The molecular weight excluding hydrogens is 186 g/mol. The lowest BCUT2D eigenvalue weighted by molar-refractivity contribution is 0.240. The maximum Gasteiger partial charge on any atom is 0.197 e. The molecule has 1 N–H and O–H groups in total. The van der Waals surface area contributed by atoms with E-state index in [1.807, 2.05) is 11.8 Å². The predicted octanol–water partition coefficient (Wildman–Crippen LogP) is 1.78. The lowest BCUT2D eigenvalue weighted by Crippen LogP contribution is -2.07. The number of aliphatic hydroxyl groups excluding tert-OH is 1. The first-order valence-corrected chi connectivity index (χ1v) is 5.69. The summed E-state index contributed by atoms with van der Waals surface area (Å²) in [6, 6.07) is 0. The highest BCUT2D eigenvalue weighted by Gasteiger charge is 2.20. The van der Waals surface area contributed by atoms with Crippen molar-refractivity contribution < 1.29 is 9.52 Å². The van der Waals surface area contributed by atoms with Crippen LogP contribution in [0.2, 0.25) is 0 Å². The molecular formula is C9H13NO2S. The Hall–Kier alpha value is -0.480. The zero-order chi connectivity index (χ0) is 9.10. The fraction of sp³-hybridized carbons (Fsp3) is 0.667. The van der Waals surface area contributed by atoms with Crippen LogP contribution in [0, 0.1) is 0 Å². The quantitative estimate of drug-likeness (QED) is 0.788. The largest absolute Gasteiger partial charge is 0.443 e. The van der Waals surface area contributed by atoms with Crippen LogP contribution in [0.4, 0.5) is 0 Å². The molecule has 0 saturated carbocycles. The Kier molecular flexibility index (Phi) is 2.90. The smallest absolute Gasteiger partial charge is 0.197 e. The molecule has 0 aromatic carbocycles. The third-order valence-corrected chi connectivity index (χ3v) is 3.35. The maximum absolute atomic E-state index is 8.81. The molecule has 0 aliphatic carbocycles. The van der Waals surface area contributed by atoms with Crippen molar-refractivity contribution in [2.24, 2.45) is 0 Å². The Labute approximate surface area is 81.5 Å². The highest BCUT2D eigenvalue weighted by Crippen LogP contribution is 2.30. The molecule has 0 spiro atoms. The van der Waals surface area contributed by atoms with Crippen LogP contribution in [-0.2, 0) is 6.61 Å². The summed E-state index contributed by atoms with van der Waals surface area (Å²) >= 11 is 1.99. The number of aromatic nitrogens is 1. The monoisotopic (exact) mass is 199 g/mol. The first kappa shape index (κ1) is 9.09. The molecule has 1 aromatic rings. The topological polar surface area (TPSA) is 46.3 Å². The highest BCUT2D eigenvalue weighted by molar-refractivity contribution is 7.99. The van der Waals surface area contributed by atoms with Gasteiger partial charge in [-0.25, -0.2) is 4.98 Å². The molecule has 1 fully saturated rings. The van der Waals surface area contributed by atoms with E-state index in [2.05, 4.69) is 4.98 Å². The fourth-order valence-electron chi connectivity index (χ4n) is 1.53. The van der Waals surface area contributed by atoms with Crippen LogP contribution in [0.5, 0.6) is 0 Å². The van der Waals surface area contributed by atoms with Crippen molar-refractivity contribution in [3.05, 3.63) is 17.8 Å². The third kappa shape index (κ3) is 2.06. The maximum atomic E-state index is 8.81. The Morgan fingerprint density at radius 1 is 1.54 bits per heavy atom. The Morgan fingerprint density at radius 3 is 2.92 bits per heavy atom. The number of rotatable bonds is 2. The van der Waals surface area contributed by atoms with Crippen molar-refractivity contribution in [2.75, 3.05) is 11.5 Å². The number of hydrogen-bond acceptors (Lipinski definition) is 4. The summed E-state index contributed by atoms with van der Waals surface area (Å²) in [7, 11) is 0. The number of thioether (sulfide) groups is 1. The number of nitrogens with zero attached hydrogens (tertiary/aromatic N) is 1. The highest BCUT2D eigenvalue weighted by atomic mass is 32.2. The van der Waals surface area contributed by atoms with E-state index < -0.39 is 0 Å². The lowest BCUT2D eigenvalue weighted by Gasteiger charge is -2.17. The van der Waals surface area contributed by atoms with Gasteiger partial charge in [0.15, 0.2) is 5.89 Å². The minimum atomic E-state index is -0.0472. The van der Waals surface area contributed by atoms with E-state index in [1.54, 1.807) is 6.20 Å². The van der Waals surface area contributed by atoms with E-state index in [0.717, 1.165) is 18.7 Å². The van der Waals surface area contributed by atoms with Crippen molar-refractivity contribution in [3.8, 4) is 0 Å². The second-order valence-corrected chi connectivity index (χ2v) is 4.43. The minimum absolute atomic E-state index is 0.0472. The number of aliphatic hydroxyl groups is 1. The molecule has 0 amide bonds. The van der Waals surface area contributed by atoms with Crippen molar-refractivity contribution in [1.82, 2.24) is 4.98 Å². The van der Waals surface area contributed by atoms with E-state index in [9.17, 15) is 0 Å². The molecule has 0 unspecified atom stereocenters. The van der Waals surface area contributed by atoms with Gasteiger partial charge < -0.3 is 9.52 Å². The SMILES string of the molecule is OCc1cnc(C2CCSCC2)o1. The van der Waals surface area contributed by atoms with Gasteiger partial charge in [0.2, 0.25) is 0 Å². The van der Waals surface area contributed by atoms with Crippen molar-refractivity contribution >= 4 is 11.8 Å². The zero-order valence-corrected chi connectivity index (χ0v) is 8.22. The summed E-state index contributed by atoms with van der Waals surface area (Å²) in [5.41, 5.74) is 0. The van der Waals surface area contributed by atoms with Gasteiger partial charge in [0, 0.05) is 5.92 Å². The third-order valence-electron chi connectivity index (χ3n) is 2.30. The van der Waals surface area contributed by atoms with Crippen LogP contribution in [0.3, 0.4) is 0 Å². The lowest BCUT2D eigenvalue weighted by atomic mass is 10.0. The van der Waals surface area contributed by atoms with Gasteiger partial charge >= 0.3 is 0 Å². The summed E-state index contributed by atoms with van der Waals surface area (Å²) in [5.74, 6) is 4.25. The molecule has 4 heteroatoms. The average molecular weight is 199 g/mol. The molecule has 13 heavy (non-hydrogen) atoms. The van der Waals surface area contributed by atoms with Crippen LogP contribution in [0.15, 0.2) is 10.6 Å². The molecule has 0 bridgehead atoms. The molecule has 2 rings (SSSR count). The summed E-state index contributed by atoms with van der Waals surface area (Å²) in [4.78, 5) is 4.17. The van der Waals surface area contributed by atoms with Gasteiger partial charge in [0.05, 0.1) is 6.20 Å². The Balaban J connectivity index is 2.05. The summed E-state index contributed by atoms with van der Waals surface area (Å²) < 4.78 is 5.40. The van der Waals surface area contributed by atoms with Gasteiger partial charge in [0.25, 0.3) is 0 Å².